The number of carbonyl (C=O) groups is 2. The Labute approximate surface area is 121 Å². The molecule has 0 fully saturated rings. The van der Waals surface area contributed by atoms with Crippen LogP contribution in [0.1, 0.15) is 20.7 Å². The Morgan fingerprint density at radius 3 is 2.48 bits per heavy atom. The Morgan fingerprint density at radius 1 is 1.05 bits per heavy atom. The van der Waals surface area contributed by atoms with Crippen LogP contribution in [0, 0.1) is 0 Å². The van der Waals surface area contributed by atoms with Crippen molar-refractivity contribution in [1.29, 1.82) is 0 Å². The molecule has 21 heavy (non-hydrogen) atoms. The number of para-hydroxylation sites is 1. The summed E-state index contributed by atoms with van der Waals surface area (Å²) in [5.74, 6) is -0.672. The first kappa shape index (κ1) is 14.7. The lowest BCUT2D eigenvalue weighted by Crippen LogP contribution is -2.27. The topological polar surface area (TPSA) is 91.3 Å². The fourth-order valence-electron chi connectivity index (χ4n) is 1.75. The molecule has 0 spiro atoms. The number of benzene rings is 1. The second kappa shape index (κ2) is 7.16. The molecule has 0 radical (unpaired) electrons. The summed E-state index contributed by atoms with van der Waals surface area (Å²) in [6.07, 6.45) is 3.05. The Kier molecular flexibility index (Phi) is 5.00. The minimum Gasteiger partial charge on any atom is -0.395 e. The molecule has 2 amide bonds. The number of pyridine rings is 1. The predicted molar refractivity (Wildman–Crippen MR) is 78.1 cm³/mol. The molecule has 1 aromatic carbocycles. The predicted octanol–water partition coefficient (Wildman–Crippen LogP) is 1.06. The molecule has 0 bridgehead atoms. The second-order valence-electron chi connectivity index (χ2n) is 4.22. The van der Waals surface area contributed by atoms with Crippen LogP contribution in [-0.4, -0.2) is 35.1 Å². The summed E-state index contributed by atoms with van der Waals surface area (Å²) in [7, 11) is 0. The number of rotatable bonds is 5. The molecule has 6 nitrogen and oxygen atoms in total. The number of hydrogen-bond donors (Lipinski definition) is 3. The molecular formula is C15H15N3O3. The van der Waals surface area contributed by atoms with E-state index in [0.717, 1.165) is 0 Å². The summed E-state index contributed by atoms with van der Waals surface area (Å²) >= 11 is 0. The number of aliphatic hydroxyl groups excluding tert-OH is 1. The average Bonchev–Trinajstić information content (AvgIpc) is 2.54. The first-order valence-electron chi connectivity index (χ1n) is 6.42. The Morgan fingerprint density at radius 2 is 1.76 bits per heavy atom. The first-order valence-corrected chi connectivity index (χ1v) is 6.42. The standard InChI is InChI=1S/C15H15N3O3/c19-10-9-17-15(21)12-3-1-2-4-13(12)18-14(20)11-5-7-16-8-6-11/h1-8,19H,9-10H2,(H,17,21)(H,18,20). The Balaban J connectivity index is 2.17. The molecule has 0 aliphatic carbocycles. The highest BCUT2D eigenvalue weighted by molar-refractivity contribution is 6.08. The Bertz CT molecular complexity index is 629. The van der Waals surface area contributed by atoms with Crippen LogP contribution in [-0.2, 0) is 0 Å². The fraction of sp³-hybridized carbons (Fsp3) is 0.133. The molecule has 1 heterocycles. The van der Waals surface area contributed by atoms with Gasteiger partial charge in [-0.25, -0.2) is 0 Å². The molecular weight excluding hydrogens is 270 g/mol. The van der Waals surface area contributed by atoms with Gasteiger partial charge in [0.1, 0.15) is 0 Å². The van der Waals surface area contributed by atoms with E-state index in [2.05, 4.69) is 15.6 Å². The van der Waals surface area contributed by atoms with Crippen molar-refractivity contribution in [2.45, 2.75) is 0 Å². The SMILES string of the molecule is O=C(Nc1ccccc1C(=O)NCCO)c1ccncc1. The summed E-state index contributed by atoms with van der Waals surface area (Å²) in [6.45, 7) is 0.0166. The summed E-state index contributed by atoms with van der Waals surface area (Å²) in [4.78, 5) is 27.9. The largest absolute Gasteiger partial charge is 0.395 e. The third-order valence-electron chi connectivity index (χ3n) is 2.76. The molecule has 0 unspecified atom stereocenters. The van der Waals surface area contributed by atoms with Gasteiger partial charge in [-0.15, -0.1) is 0 Å². The van der Waals surface area contributed by atoms with Gasteiger partial charge in [0.25, 0.3) is 11.8 Å². The van der Waals surface area contributed by atoms with Gasteiger partial charge < -0.3 is 15.7 Å². The van der Waals surface area contributed by atoms with E-state index in [0.29, 0.717) is 16.8 Å². The van der Waals surface area contributed by atoms with Crippen molar-refractivity contribution >= 4 is 17.5 Å². The van der Waals surface area contributed by atoms with Gasteiger partial charge in [-0.3, -0.25) is 14.6 Å². The van der Waals surface area contributed by atoms with Crippen LogP contribution in [0.5, 0.6) is 0 Å². The minimum atomic E-state index is -0.352. The van der Waals surface area contributed by atoms with E-state index in [1.165, 1.54) is 12.4 Å². The van der Waals surface area contributed by atoms with E-state index < -0.39 is 0 Å². The number of aromatic nitrogens is 1. The lowest BCUT2D eigenvalue weighted by atomic mass is 10.1. The van der Waals surface area contributed by atoms with Gasteiger partial charge in [0, 0.05) is 24.5 Å². The lowest BCUT2D eigenvalue weighted by molar-refractivity contribution is 0.0945. The third-order valence-corrected chi connectivity index (χ3v) is 2.76. The van der Waals surface area contributed by atoms with Gasteiger partial charge in [-0.05, 0) is 24.3 Å². The van der Waals surface area contributed by atoms with Crippen molar-refractivity contribution in [1.82, 2.24) is 10.3 Å². The number of carbonyl (C=O) groups excluding carboxylic acids is 2. The Hall–Kier alpha value is -2.73. The van der Waals surface area contributed by atoms with Crippen LogP contribution < -0.4 is 10.6 Å². The summed E-state index contributed by atoms with van der Waals surface area (Å²) in [5, 5.41) is 14.0. The number of anilines is 1. The number of nitrogens with zero attached hydrogens (tertiary/aromatic N) is 1. The highest BCUT2D eigenvalue weighted by Gasteiger charge is 2.13. The van der Waals surface area contributed by atoms with Crippen LogP contribution in [0.4, 0.5) is 5.69 Å². The number of aliphatic hydroxyl groups is 1. The number of hydrogen-bond acceptors (Lipinski definition) is 4. The molecule has 6 heteroatoms. The molecule has 0 aliphatic rings. The fourth-order valence-corrected chi connectivity index (χ4v) is 1.75. The molecule has 2 aromatic rings. The molecule has 3 N–H and O–H groups in total. The van der Waals surface area contributed by atoms with Crippen LogP contribution in [0.25, 0.3) is 0 Å². The van der Waals surface area contributed by atoms with Gasteiger partial charge in [0.05, 0.1) is 17.9 Å². The maximum Gasteiger partial charge on any atom is 0.255 e. The van der Waals surface area contributed by atoms with E-state index >= 15 is 0 Å². The summed E-state index contributed by atoms with van der Waals surface area (Å²) < 4.78 is 0. The molecule has 1 aromatic heterocycles. The van der Waals surface area contributed by atoms with E-state index in [1.807, 2.05) is 0 Å². The third kappa shape index (κ3) is 3.87. The van der Waals surface area contributed by atoms with Crippen LogP contribution >= 0.6 is 0 Å². The second-order valence-corrected chi connectivity index (χ2v) is 4.22. The maximum absolute atomic E-state index is 12.1. The minimum absolute atomic E-state index is 0.142. The van der Waals surface area contributed by atoms with E-state index in [-0.39, 0.29) is 25.0 Å². The average molecular weight is 285 g/mol. The van der Waals surface area contributed by atoms with Crippen LogP contribution in [0.15, 0.2) is 48.8 Å². The van der Waals surface area contributed by atoms with Crippen molar-refractivity contribution < 1.29 is 14.7 Å². The van der Waals surface area contributed by atoms with Crippen molar-refractivity contribution in [2.75, 3.05) is 18.5 Å². The summed E-state index contributed by atoms with van der Waals surface area (Å²) in [6, 6.07) is 9.86. The zero-order chi connectivity index (χ0) is 15.1. The smallest absolute Gasteiger partial charge is 0.255 e. The highest BCUT2D eigenvalue weighted by Crippen LogP contribution is 2.16. The van der Waals surface area contributed by atoms with Crippen LogP contribution in [0.2, 0.25) is 0 Å². The lowest BCUT2D eigenvalue weighted by Gasteiger charge is -2.11. The monoisotopic (exact) mass is 285 g/mol. The van der Waals surface area contributed by atoms with Gasteiger partial charge in [-0.2, -0.15) is 0 Å². The van der Waals surface area contributed by atoms with Crippen molar-refractivity contribution in [3.8, 4) is 0 Å². The molecule has 0 atom stereocenters. The number of nitrogens with one attached hydrogen (secondary N) is 2. The van der Waals surface area contributed by atoms with E-state index in [9.17, 15) is 9.59 Å². The van der Waals surface area contributed by atoms with Gasteiger partial charge in [-0.1, -0.05) is 12.1 Å². The van der Waals surface area contributed by atoms with Crippen molar-refractivity contribution in [3.05, 3.63) is 59.9 Å². The normalized spacial score (nSPS) is 9.95. The molecule has 0 saturated heterocycles. The van der Waals surface area contributed by atoms with Crippen molar-refractivity contribution in [2.24, 2.45) is 0 Å². The summed E-state index contributed by atoms with van der Waals surface area (Å²) in [5.41, 5.74) is 1.21. The quantitative estimate of drug-likeness (QED) is 0.766. The van der Waals surface area contributed by atoms with E-state index in [4.69, 9.17) is 5.11 Å². The van der Waals surface area contributed by atoms with Gasteiger partial charge in [0.2, 0.25) is 0 Å². The zero-order valence-corrected chi connectivity index (χ0v) is 11.2. The van der Waals surface area contributed by atoms with Crippen LogP contribution in [0.3, 0.4) is 0 Å². The zero-order valence-electron chi connectivity index (χ0n) is 11.2. The maximum atomic E-state index is 12.1. The molecule has 0 saturated carbocycles. The van der Waals surface area contributed by atoms with E-state index in [1.54, 1.807) is 36.4 Å². The molecule has 108 valence electrons. The van der Waals surface area contributed by atoms with Gasteiger partial charge >= 0.3 is 0 Å². The first-order chi connectivity index (χ1) is 10.2. The van der Waals surface area contributed by atoms with Gasteiger partial charge in [0.15, 0.2) is 0 Å². The van der Waals surface area contributed by atoms with Crippen molar-refractivity contribution in [3.63, 3.8) is 0 Å². The molecule has 0 aliphatic heterocycles. The molecule has 2 rings (SSSR count). The number of amides is 2. The highest BCUT2D eigenvalue weighted by atomic mass is 16.3.